The van der Waals surface area contributed by atoms with Crippen LogP contribution in [0, 0.1) is 0 Å². The van der Waals surface area contributed by atoms with Crippen molar-refractivity contribution in [2.45, 2.75) is 26.2 Å². The molecule has 0 spiro atoms. The van der Waals surface area contributed by atoms with Gasteiger partial charge in [-0.3, -0.25) is 0 Å². The lowest BCUT2D eigenvalue weighted by atomic mass is 10.2. The molecule has 63 valence electrons. The number of carbonyl (C=O) groups is 1. The highest BCUT2D eigenvalue weighted by Gasteiger charge is 2.19. The van der Waals surface area contributed by atoms with E-state index in [1.807, 2.05) is 4.90 Å². The Morgan fingerprint density at radius 2 is 2.36 bits per heavy atom. The van der Waals surface area contributed by atoms with Gasteiger partial charge in [0.1, 0.15) is 0 Å². The summed E-state index contributed by atoms with van der Waals surface area (Å²) in [5.41, 5.74) is 0. The number of amides is 2. The van der Waals surface area contributed by atoms with Gasteiger partial charge >= 0.3 is 6.03 Å². The Morgan fingerprint density at radius 1 is 1.55 bits per heavy atom. The highest BCUT2D eigenvalue weighted by Crippen LogP contribution is 2.02. The lowest BCUT2D eigenvalue weighted by Gasteiger charge is -2.11. The predicted octanol–water partition coefficient (Wildman–Crippen LogP) is 1.22. The molecule has 11 heavy (non-hydrogen) atoms. The fourth-order valence-corrected chi connectivity index (χ4v) is 1.22. The summed E-state index contributed by atoms with van der Waals surface area (Å²) in [6.07, 6.45) is 3.54. The molecule has 3 nitrogen and oxygen atoms in total. The van der Waals surface area contributed by atoms with E-state index in [0.29, 0.717) is 6.54 Å². The number of urea groups is 1. The van der Waals surface area contributed by atoms with Crippen LogP contribution in [0.3, 0.4) is 0 Å². The van der Waals surface area contributed by atoms with E-state index in [2.05, 4.69) is 12.2 Å². The first kappa shape index (κ1) is 8.37. The summed E-state index contributed by atoms with van der Waals surface area (Å²) in [6.45, 7) is 4.60. The summed E-state index contributed by atoms with van der Waals surface area (Å²) < 4.78 is 0. The van der Waals surface area contributed by atoms with Crippen molar-refractivity contribution in [1.29, 1.82) is 0 Å². The van der Waals surface area contributed by atoms with Crippen molar-refractivity contribution in [2.75, 3.05) is 19.6 Å². The number of hydrogen-bond acceptors (Lipinski definition) is 1. The van der Waals surface area contributed by atoms with Gasteiger partial charge in [0.05, 0.1) is 6.54 Å². The zero-order chi connectivity index (χ0) is 8.10. The summed E-state index contributed by atoms with van der Waals surface area (Å²) in [4.78, 5) is 12.8. The fraction of sp³-hybridized carbons (Fsp3) is 0.875. The third kappa shape index (κ3) is 2.41. The van der Waals surface area contributed by atoms with E-state index in [9.17, 15) is 4.79 Å². The van der Waals surface area contributed by atoms with Gasteiger partial charge in [-0.15, -0.1) is 0 Å². The monoisotopic (exact) mass is 155 g/mol. The van der Waals surface area contributed by atoms with Crippen LogP contribution in [0.4, 0.5) is 4.79 Å². The molecule has 0 aromatic carbocycles. The van der Waals surface area contributed by atoms with Crippen LogP contribution in [0.15, 0.2) is 0 Å². The second-order valence-electron chi connectivity index (χ2n) is 2.86. The molecule has 2 amide bonds. The maximum atomic E-state index is 10.9. The molecular weight excluding hydrogens is 140 g/mol. The normalized spacial score (nSPS) is 17.2. The summed E-state index contributed by atoms with van der Waals surface area (Å²) in [5.74, 6) is 0. The molecule has 1 rings (SSSR count). The van der Waals surface area contributed by atoms with Crippen molar-refractivity contribution in [1.82, 2.24) is 10.2 Å². The largest absolute Gasteiger partial charge is 0.339 e. The maximum Gasteiger partial charge on any atom is 0.339 e. The van der Waals surface area contributed by atoms with E-state index in [0.717, 1.165) is 19.5 Å². The highest BCUT2D eigenvalue weighted by atomic mass is 16.2. The molecule has 1 fully saturated rings. The molecule has 0 aromatic rings. The van der Waals surface area contributed by atoms with Crippen molar-refractivity contribution < 1.29 is 4.79 Å². The summed E-state index contributed by atoms with van der Waals surface area (Å²) in [6, 6.07) is -0.0129. The Morgan fingerprint density at radius 3 is 2.91 bits per heavy atom. The van der Waals surface area contributed by atoms with Crippen molar-refractivity contribution >= 4 is 6.03 Å². The van der Waals surface area contributed by atoms with Gasteiger partial charge in [-0.25, -0.2) is 10.1 Å². The van der Waals surface area contributed by atoms with Gasteiger partial charge in [0.25, 0.3) is 0 Å². The third-order valence-electron chi connectivity index (χ3n) is 1.92. The molecule has 0 atom stereocenters. The molecule has 0 unspecified atom stereocenters. The zero-order valence-electron chi connectivity index (χ0n) is 7.05. The molecule has 0 bridgehead atoms. The van der Waals surface area contributed by atoms with Crippen LogP contribution >= 0.6 is 0 Å². The minimum Gasteiger partial charge on any atom is -0.321 e. The average molecular weight is 155 g/mol. The van der Waals surface area contributed by atoms with Crippen LogP contribution < -0.4 is 5.32 Å². The molecule has 0 aliphatic carbocycles. The van der Waals surface area contributed by atoms with Crippen LogP contribution in [0.25, 0.3) is 0 Å². The van der Waals surface area contributed by atoms with Crippen molar-refractivity contribution in [3.63, 3.8) is 0 Å². The van der Waals surface area contributed by atoms with Crippen molar-refractivity contribution in [3.8, 4) is 0 Å². The minimum atomic E-state index is -0.0129. The summed E-state index contributed by atoms with van der Waals surface area (Å²) >= 11 is 0. The lowest BCUT2D eigenvalue weighted by Crippen LogP contribution is -2.26. The number of hydrogen-bond donors (Lipinski definition) is 0. The fourth-order valence-electron chi connectivity index (χ4n) is 1.22. The molecule has 1 aliphatic heterocycles. The van der Waals surface area contributed by atoms with E-state index in [1.54, 1.807) is 0 Å². The number of nitrogens with zero attached hydrogens (tertiary/aromatic N) is 2. The van der Waals surface area contributed by atoms with Gasteiger partial charge < -0.3 is 4.90 Å². The van der Waals surface area contributed by atoms with E-state index < -0.39 is 0 Å². The van der Waals surface area contributed by atoms with Gasteiger partial charge in [0.2, 0.25) is 0 Å². The van der Waals surface area contributed by atoms with E-state index in [-0.39, 0.29) is 6.03 Å². The number of unbranched alkanes of at least 4 members (excludes halogenated alkanes) is 2. The van der Waals surface area contributed by atoms with Gasteiger partial charge in [-0.2, -0.15) is 0 Å². The van der Waals surface area contributed by atoms with E-state index in [1.165, 1.54) is 12.8 Å². The Kier molecular flexibility index (Phi) is 3.20. The number of rotatable bonds is 4. The van der Waals surface area contributed by atoms with Gasteiger partial charge in [0.15, 0.2) is 0 Å². The molecule has 0 saturated carbocycles. The Bertz CT molecular complexity index is 136. The maximum absolute atomic E-state index is 10.9. The molecule has 3 heteroatoms. The molecular formula is C8H15N2O. The molecule has 1 heterocycles. The lowest BCUT2D eigenvalue weighted by molar-refractivity contribution is 0.216. The SMILES string of the molecule is CCCCCN1CC[N]C1=O. The Hall–Kier alpha value is -0.730. The number of carbonyl (C=O) groups excluding carboxylic acids is 1. The van der Waals surface area contributed by atoms with Crippen molar-refractivity contribution in [2.24, 2.45) is 0 Å². The Labute approximate surface area is 67.8 Å². The molecule has 0 N–H and O–H groups in total. The second kappa shape index (κ2) is 4.21. The molecule has 1 saturated heterocycles. The summed E-state index contributed by atoms with van der Waals surface area (Å²) in [7, 11) is 0. The average Bonchev–Trinajstić information content (AvgIpc) is 2.37. The topological polar surface area (TPSA) is 34.4 Å². The minimum absolute atomic E-state index is 0.0129. The predicted molar refractivity (Wildman–Crippen MR) is 43.5 cm³/mol. The zero-order valence-corrected chi connectivity index (χ0v) is 7.05. The quantitative estimate of drug-likeness (QED) is 0.562. The van der Waals surface area contributed by atoms with Crippen molar-refractivity contribution in [3.05, 3.63) is 0 Å². The first-order valence-corrected chi connectivity index (χ1v) is 4.31. The smallest absolute Gasteiger partial charge is 0.321 e. The van der Waals surface area contributed by atoms with Crippen LogP contribution in [-0.4, -0.2) is 30.6 Å². The van der Waals surface area contributed by atoms with Gasteiger partial charge in [-0.05, 0) is 6.42 Å². The van der Waals surface area contributed by atoms with Crippen LogP contribution in [0.2, 0.25) is 0 Å². The molecule has 0 aromatic heterocycles. The van der Waals surface area contributed by atoms with E-state index >= 15 is 0 Å². The van der Waals surface area contributed by atoms with Crippen LogP contribution in [0.5, 0.6) is 0 Å². The summed E-state index contributed by atoms with van der Waals surface area (Å²) in [5, 5.41) is 3.78. The first-order chi connectivity index (χ1) is 5.34. The van der Waals surface area contributed by atoms with E-state index in [4.69, 9.17) is 0 Å². The second-order valence-corrected chi connectivity index (χ2v) is 2.86. The molecule has 1 aliphatic rings. The van der Waals surface area contributed by atoms with Gasteiger partial charge in [0, 0.05) is 13.1 Å². The highest BCUT2D eigenvalue weighted by molar-refractivity contribution is 5.75. The third-order valence-corrected chi connectivity index (χ3v) is 1.92. The van der Waals surface area contributed by atoms with Crippen LogP contribution in [-0.2, 0) is 0 Å². The standard InChI is InChI=1S/C8H15N2O/c1-2-3-4-6-10-7-5-9-8(10)11/h2-7H2,1H3. The molecule has 1 radical (unpaired) electrons. The van der Waals surface area contributed by atoms with Crippen LogP contribution in [0.1, 0.15) is 26.2 Å². The van der Waals surface area contributed by atoms with Gasteiger partial charge in [-0.1, -0.05) is 19.8 Å². The Balaban J connectivity index is 2.10. The first-order valence-electron chi connectivity index (χ1n) is 4.31.